The summed E-state index contributed by atoms with van der Waals surface area (Å²) in [4.78, 5) is 19.6. The van der Waals surface area contributed by atoms with E-state index in [1.54, 1.807) is 24.7 Å². The topological polar surface area (TPSA) is 59.4 Å². The number of aryl methyl sites for hydroxylation is 1. The van der Waals surface area contributed by atoms with Crippen LogP contribution in [-0.4, -0.2) is 46.6 Å². The molecule has 192 valence electrons. The number of nitrogens with one attached hydrogen (secondary N) is 1. The van der Waals surface area contributed by atoms with Crippen molar-refractivity contribution >= 4 is 16.7 Å². The molecule has 0 radical (unpaired) electrons. The van der Waals surface area contributed by atoms with E-state index in [4.69, 9.17) is 4.74 Å². The van der Waals surface area contributed by atoms with Crippen molar-refractivity contribution in [2.75, 3.05) is 26.2 Å². The predicted octanol–water partition coefficient (Wildman–Crippen LogP) is 4.90. The second-order valence-electron chi connectivity index (χ2n) is 9.89. The zero-order chi connectivity index (χ0) is 25.5. The van der Waals surface area contributed by atoms with Gasteiger partial charge >= 0.3 is 0 Å². The van der Waals surface area contributed by atoms with Gasteiger partial charge in [-0.1, -0.05) is 42.5 Å². The third-order valence-electron chi connectivity index (χ3n) is 6.94. The molecule has 2 atom stereocenters. The maximum absolute atomic E-state index is 13.6. The summed E-state index contributed by atoms with van der Waals surface area (Å²) in [5.41, 5.74) is 1.23. The summed E-state index contributed by atoms with van der Waals surface area (Å²) in [5.74, 6) is 0.339. The minimum Gasteiger partial charge on any atom is -0.493 e. The van der Waals surface area contributed by atoms with E-state index >= 15 is 0 Å². The lowest BCUT2D eigenvalue weighted by Gasteiger charge is -2.37. The summed E-state index contributed by atoms with van der Waals surface area (Å²) in [6.45, 7) is 4.20. The van der Waals surface area contributed by atoms with Crippen molar-refractivity contribution < 1.29 is 13.9 Å². The SMILES string of the molecule is O=C(NCCCn1ccnc1)[C@@H]1C[C@H](COc2cccc(F)c2)CN(Cc2ccc3ccccc3c2)C1. The minimum atomic E-state index is -0.313. The monoisotopic (exact) mass is 500 g/mol. The molecule has 0 bridgehead atoms. The van der Waals surface area contributed by atoms with Crippen LogP contribution in [0.1, 0.15) is 18.4 Å². The molecular formula is C30H33FN4O2. The average molecular weight is 501 g/mol. The molecule has 0 saturated carbocycles. The molecule has 4 aromatic rings. The number of benzene rings is 3. The van der Waals surface area contributed by atoms with Gasteiger partial charge in [0.25, 0.3) is 0 Å². The van der Waals surface area contributed by atoms with Gasteiger partial charge in [0.2, 0.25) is 5.91 Å². The highest BCUT2D eigenvalue weighted by Crippen LogP contribution is 2.26. The molecular weight excluding hydrogens is 467 g/mol. The van der Waals surface area contributed by atoms with Crippen LogP contribution in [0, 0.1) is 17.7 Å². The summed E-state index contributed by atoms with van der Waals surface area (Å²) in [7, 11) is 0. The first-order valence-electron chi connectivity index (χ1n) is 12.9. The van der Waals surface area contributed by atoms with Crippen LogP contribution in [0.3, 0.4) is 0 Å². The second kappa shape index (κ2) is 12.0. The van der Waals surface area contributed by atoms with Crippen LogP contribution in [0.4, 0.5) is 4.39 Å². The lowest BCUT2D eigenvalue weighted by Crippen LogP contribution is -2.47. The maximum atomic E-state index is 13.6. The lowest BCUT2D eigenvalue weighted by atomic mass is 9.88. The van der Waals surface area contributed by atoms with Gasteiger partial charge in [0.1, 0.15) is 11.6 Å². The Morgan fingerprint density at radius 2 is 1.95 bits per heavy atom. The maximum Gasteiger partial charge on any atom is 0.224 e. The molecule has 1 aromatic heterocycles. The van der Waals surface area contributed by atoms with Gasteiger partial charge < -0.3 is 14.6 Å². The molecule has 6 nitrogen and oxygen atoms in total. The van der Waals surface area contributed by atoms with Gasteiger partial charge in [0.15, 0.2) is 0 Å². The van der Waals surface area contributed by atoms with Crippen molar-refractivity contribution in [3.8, 4) is 5.75 Å². The number of ether oxygens (including phenoxy) is 1. The molecule has 1 N–H and O–H groups in total. The number of imidazole rings is 1. The zero-order valence-electron chi connectivity index (χ0n) is 20.9. The number of nitrogens with zero attached hydrogens (tertiary/aromatic N) is 3. The van der Waals surface area contributed by atoms with Crippen molar-refractivity contribution in [3.63, 3.8) is 0 Å². The Bertz CT molecular complexity index is 1310. The van der Waals surface area contributed by atoms with E-state index in [1.165, 1.54) is 28.5 Å². The third kappa shape index (κ3) is 6.95. The van der Waals surface area contributed by atoms with Crippen LogP contribution in [0.25, 0.3) is 10.8 Å². The number of halogens is 1. The zero-order valence-corrected chi connectivity index (χ0v) is 20.9. The van der Waals surface area contributed by atoms with Crippen LogP contribution in [0.15, 0.2) is 85.5 Å². The molecule has 0 aliphatic carbocycles. The average Bonchev–Trinajstić information content (AvgIpc) is 3.43. The number of carbonyl (C=O) groups excluding carboxylic acids is 1. The largest absolute Gasteiger partial charge is 0.493 e. The Balaban J connectivity index is 1.22. The van der Waals surface area contributed by atoms with Crippen LogP contribution in [0.5, 0.6) is 5.75 Å². The molecule has 0 unspecified atom stereocenters. The van der Waals surface area contributed by atoms with Crippen LogP contribution in [0.2, 0.25) is 0 Å². The highest BCUT2D eigenvalue weighted by Gasteiger charge is 2.32. The molecule has 2 heterocycles. The van der Waals surface area contributed by atoms with Crippen LogP contribution < -0.4 is 10.1 Å². The van der Waals surface area contributed by atoms with Crippen molar-refractivity contribution in [1.29, 1.82) is 0 Å². The number of likely N-dealkylation sites (tertiary alicyclic amines) is 1. The van der Waals surface area contributed by atoms with E-state index in [1.807, 2.05) is 10.8 Å². The number of hydrogen-bond acceptors (Lipinski definition) is 4. The molecule has 1 aliphatic rings. The molecule has 37 heavy (non-hydrogen) atoms. The summed E-state index contributed by atoms with van der Waals surface area (Å²) in [5, 5.41) is 5.57. The van der Waals surface area contributed by atoms with Crippen molar-refractivity contribution in [2.45, 2.75) is 25.9 Å². The van der Waals surface area contributed by atoms with E-state index in [2.05, 4.69) is 57.7 Å². The summed E-state index contributed by atoms with van der Waals surface area (Å²) in [6.07, 6.45) is 7.07. The Morgan fingerprint density at radius 3 is 2.78 bits per heavy atom. The molecule has 5 rings (SSSR count). The third-order valence-corrected chi connectivity index (χ3v) is 6.94. The first-order valence-corrected chi connectivity index (χ1v) is 12.9. The van der Waals surface area contributed by atoms with Gasteiger partial charge in [-0.25, -0.2) is 9.37 Å². The number of aromatic nitrogens is 2. The van der Waals surface area contributed by atoms with Gasteiger partial charge in [0, 0.05) is 57.1 Å². The number of fused-ring (bicyclic) bond motifs is 1. The van der Waals surface area contributed by atoms with Crippen molar-refractivity contribution in [2.24, 2.45) is 11.8 Å². The van der Waals surface area contributed by atoms with Gasteiger partial charge in [-0.3, -0.25) is 9.69 Å². The number of amides is 1. The highest BCUT2D eigenvalue weighted by molar-refractivity contribution is 5.83. The second-order valence-corrected chi connectivity index (χ2v) is 9.89. The van der Waals surface area contributed by atoms with Gasteiger partial charge in [-0.15, -0.1) is 0 Å². The van der Waals surface area contributed by atoms with Crippen LogP contribution in [-0.2, 0) is 17.9 Å². The predicted molar refractivity (Wildman–Crippen MR) is 143 cm³/mol. The van der Waals surface area contributed by atoms with Crippen molar-refractivity contribution in [3.05, 3.63) is 96.8 Å². The molecule has 1 amide bonds. The van der Waals surface area contributed by atoms with Gasteiger partial charge in [-0.05, 0) is 47.4 Å². The number of hydrogen-bond donors (Lipinski definition) is 1. The van der Waals surface area contributed by atoms with E-state index < -0.39 is 0 Å². The fraction of sp³-hybridized carbons (Fsp3) is 0.333. The Labute approximate surface area is 217 Å². The molecule has 7 heteroatoms. The van der Waals surface area contributed by atoms with E-state index in [0.717, 1.165) is 32.5 Å². The standard InChI is InChI=1S/C30H33FN4O2/c31-28-7-3-8-29(17-28)37-21-24-16-27(30(36)33-11-4-13-34-14-12-32-22-34)20-35(19-24)18-23-9-10-25-5-1-2-6-26(25)15-23/h1-3,5-10,12,14-15,17,22,24,27H,4,11,13,16,18-21H2,(H,33,36)/t24-,27+/m0/s1. The molecule has 1 fully saturated rings. The first kappa shape index (κ1) is 25.0. The van der Waals surface area contributed by atoms with Gasteiger partial charge in [0.05, 0.1) is 18.9 Å². The lowest BCUT2D eigenvalue weighted by molar-refractivity contribution is -0.127. The fourth-order valence-electron chi connectivity index (χ4n) is 5.15. The summed E-state index contributed by atoms with van der Waals surface area (Å²) < 4.78 is 21.6. The van der Waals surface area contributed by atoms with Crippen LogP contribution >= 0.6 is 0 Å². The molecule has 3 aromatic carbocycles. The summed E-state index contributed by atoms with van der Waals surface area (Å²) >= 11 is 0. The Morgan fingerprint density at radius 1 is 1.05 bits per heavy atom. The molecule has 0 spiro atoms. The Kier molecular flexibility index (Phi) is 8.11. The highest BCUT2D eigenvalue weighted by atomic mass is 19.1. The first-order chi connectivity index (χ1) is 18.1. The Hall–Kier alpha value is -3.71. The van der Waals surface area contributed by atoms with Gasteiger partial charge in [-0.2, -0.15) is 0 Å². The van der Waals surface area contributed by atoms with Crippen molar-refractivity contribution in [1.82, 2.24) is 19.8 Å². The smallest absolute Gasteiger partial charge is 0.224 e. The normalized spacial score (nSPS) is 18.1. The van der Waals surface area contributed by atoms with E-state index in [9.17, 15) is 9.18 Å². The number of carbonyl (C=O) groups is 1. The van der Waals surface area contributed by atoms with E-state index in [0.29, 0.717) is 25.4 Å². The fourth-order valence-corrected chi connectivity index (χ4v) is 5.15. The summed E-state index contributed by atoms with van der Waals surface area (Å²) in [6, 6.07) is 21.1. The quantitative estimate of drug-likeness (QED) is 0.315. The van der Waals surface area contributed by atoms with E-state index in [-0.39, 0.29) is 23.6 Å². The molecule has 1 aliphatic heterocycles. The number of rotatable bonds is 10. The molecule has 1 saturated heterocycles. The number of piperidine rings is 1. The minimum absolute atomic E-state index is 0.0876.